The van der Waals surface area contributed by atoms with Gasteiger partial charge in [-0.1, -0.05) is 36.8 Å². The molecule has 1 unspecified atom stereocenters. The van der Waals surface area contributed by atoms with Crippen molar-refractivity contribution in [2.24, 2.45) is 5.41 Å². The van der Waals surface area contributed by atoms with Crippen LogP contribution in [0.4, 0.5) is 0 Å². The maximum absolute atomic E-state index is 11.4. The Kier molecular flexibility index (Phi) is 2.88. The molecule has 0 spiro atoms. The lowest BCUT2D eigenvalue weighted by molar-refractivity contribution is -0.165. The molecule has 1 saturated carbocycles. The first-order valence-corrected chi connectivity index (χ1v) is 5.61. The fraction of sp³-hybridized carbons (Fsp3) is 0.385. The van der Waals surface area contributed by atoms with E-state index >= 15 is 0 Å². The van der Waals surface area contributed by atoms with Crippen molar-refractivity contribution in [3.05, 3.63) is 35.9 Å². The lowest BCUT2D eigenvalue weighted by Gasteiger charge is -2.27. The third kappa shape index (κ3) is 1.69. The highest BCUT2D eigenvalue weighted by atomic mass is 16.4. The highest BCUT2D eigenvalue weighted by Crippen LogP contribution is 2.49. The van der Waals surface area contributed by atoms with Crippen LogP contribution in [0.5, 0.6) is 0 Å². The molecule has 90 valence electrons. The van der Waals surface area contributed by atoms with Crippen LogP contribution in [0.25, 0.3) is 0 Å². The molecule has 0 heterocycles. The molecule has 1 aliphatic carbocycles. The maximum atomic E-state index is 11.4. The molecule has 2 rings (SSSR count). The Morgan fingerprint density at radius 3 is 2.24 bits per heavy atom. The second-order valence-electron chi connectivity index (χ2n) is 4.44. The molecule has 1 atom stereocenters. The zero-order valence-corrected chi connectivity index (χ0v) is 9.30. The second-order valence-corrected chi connectivity index (χ2v) is 4.44. The van der Waals surface area contributed by atoms with Gasteiger partial charge in [-0.05, 0) is 18.4 Å². The van der Waals surface area contributed by atoms with Gasteiger partial charge in [0.2, 0.25) is 0 Å². The lowest BCUT2D eigenvalue weighted by atomic mass is 9.74. The Hall–Kier alpha value is -1.84. The van der Waals surface area contributed by atoms with Gasteiger partial charge in [-0.3, -0.25) is 9.59 Å². The number of benzene rings is 1. The van der Waals surface area contributed by atoms with Gasteiger partial charge in [0.05, 0.1) is 0 Å². The van der Waals surface area contributed by atoms with Crippen LogP contribution >= 0.6 is 0 Å². The summed E-state index contributed by atoms with van der Waals surface area (Å²) in [6, 6.07) is 9.05. The van der Waals surface area contributed by atoms with Gasteiger partial charge in [0.25, 0.3) is 0 Å². The third-order valence-electron chi connectivity index (χ3n) is 3.62. The van der Waals surface area contributed by atoms with Crippen molar-refractivity contribution in [2.75, 3.05) is 0 Å². The molecule has 0 bridgehead atoms. The number of carboxylic acid groups (broad SMARTS) is 2. The first-order chi connectivity index (χ1) is 8.09. The van der Waals surface area contributed by atoms with Crippen LogP contribution in [0.15, 0.2) is 30.3 Å². The van der Waals surface area contributed by atoms with Gasteiger partial charge < -0.3 is 10.2 Å². The summed E-state index contributed by atoms with van der Waals surface area (Å²) in [4.78, 5) is 22.7. The number of carbonyl (C=O) groups is 2. The minimum atomic E-state index is -1.65. The Labute approximate surface area is 98.9 Å². The average molecular weight is 234 g/mol. The largest absolute Gasteiger partial charge is 0.480 e. The van der Waals surface area contributed by atoms with Gasteiger partial charge in [0.1, 0.15) is 0 Å². The summed E-state index contributed by atoms with van der Waals surface area (Å²) in [6.07, 6.45) is 1.46. The smallest absolute Gasteiger partial charge is 0.321 e. The number of hydrogen-bond acceptors (Lipinski definition) is 2. The quantitative estimate of drug-likeness (QED) is 0.785. The van der Waals surface area contributed by atoms with Gasteiger partial charge in [-0.15, -0.1) is 0 Å². The van der Waals surface area contributed by atoms with Crippen LogP contribution in [0.1, 0.15) is 30.7 Å². The van der Waals surface area contributed by atoms with Crippen molar-refractivity contribution in [3.63, 3.8) is 0 Å². The van der Waals surface area contributed by atoms with Crippen LogP contribution in [0.2, 0.25) is 0 Å². The van der Waals surface area contributed by atoms with Crippen LogP contribution in [0, 0.1) is 5.41 Å². The van der Waals surface area contributed by atoms with E-state index in [1.54, 1.807) is 12.1 Å². The SMILES string of the molecule is O=C(O)C1(C(=O)O)CCCC1c1ccccc1. The Morgan fingerprint density at radius 2 is 1.71 bits per heavy atom. The van der Waals surface area contributed by atoms with Gasteiger partial charge in [0.15, 0.2) is 5.41 Å². The summed E-state index contributed by atoms with van der Waals surface area (Å²) in [5.74, 6) is -2.88. The van der Waals surface area contributed by atoms with Gasteiger partial charge >= 0.3 is 11.9 Å². The normalized spacial score (nSPS) is 22.2. The van der Waals surface area contributed by atoms with E-state index in [0.717, 1.165) is 5.56 Å². The van der Waals surface area contributed by atoms with E-state index in [-0.39, 0.29) is 6.42 Å². The summed E-state index contributed by atoms with van der Waals surface area (Å²) in [5, 5.41) is 18.6. The van der Waals surface area contributed by atoms with Gasteiger partial charge in [0, 0.05) is 5.92 Å². The molecule has 0 saturated heterocycles. The Morgan fingerprint density at radius 1 is 1.12 bits per heavy atom. The summed E-state index contributed by atoms with van der Waals surface area (Å²) < 4.78 is 0. The van der Waals surface area contributed by atoms with E-state index in [4.69, 9.17) is 0 Å². The molecule has 0 aliphatic heterocycles. The maximum Gasteiger partial charge on any atom is 0.321 e. The molecule has 0 radical (unpaired) electrons. The molecule has 1 fully saturated rings. The first-order valence-electron chi connectivity index (χ1n) is 5.61. The number of hydrogen-bond donors (Lipinski definition) is 2. The van der Waals surface area contributed by atoms with Crippen LogP contribution in [0.3, 0.4) is 0 Å². The lowest BCUT2D eigenvalue weighted by Crippen LogP contribution is -2.41. The van der Waals surface area contributed by atoms with Crippen LogP contribution in [-0.4, -0.2) is 22.2 Å². The second kappa shape index (κ2) is 4.20. The van der Waals surface area contributed by atoms with E-state index in [1.807, 2.05) is 18.2 Å². The molecular weight excluding hydrogens is 220 g/mol. The standard InChI is InChI=1S/C13H14O4/c14-11(15)13(12(16)17)8-4-7-10(13)9-5-2-1-3-6-9/h1-3,5-6,10H,4,7-8H2,(H,14,15)(H,16,17). The fourth-order valence-electron chi connectivity index (χ4n) is 2.75. The van der Waals surface area contributed by atoms with E-state index < -0.39 is 23.3 Å². The molecule has 17 heavy (non-hydrogen) atoms. The molecular formula is C13H14O4. The van der Waals surface area contributed by atoms with E-state index in [0.29, 0.717) is 12.8 Å². The summed E-state index contributed by atoms with van der Waals surface area (Å²) in [5.41, 5.74) is -0.851. The topological polar surface area (TPSA) is 74.6 Å². The molecule has 1 aliphatic rings. The van der Waals surface area contributed by atoms with Crippen molar-refractivity contribution in [1.29, 1.82) is 0 Å². The van der Waals surface area contributed by atoms with E-state index in [1.165, 1.54) is 0 Å². The molecule has 1 aromatic rings. The van der Waals surface area contributed by atoms with Crippen molar-refractivity contribution in [2.45, 2.75) is 25.2 Å². The summed E-state index contributed by atoms with van der Waals surface area (Å²) in [6.45, 7) is 0. The Balaban J connectivity index is 2.46. The zero-order valence-electron chi connectivity index (χ0n) is 9.30. The number of carboxylic acids is 2. The molecule has 0 amide bonds. The van der Waals surface area contributed by atoms with Crippen molar-refractivity contribution < 1.29 is 19.8 Å². The number of aliphatic carboxylic acids is 2. The molecule has 0 aromatic heterocycles. The Bertz CT molecular complexity index is 424. The van der Waals surface area contributed by atoms with Gasteiger partial charge in [-0.25, -0.2) is 0 Å². The molecule has 2 N–H and O–H groups in total. The van der Waals surface area contributed by atoms with Crippen LogP contribution < -0.4 is 0 Å². The van der Waals surface area contributed by atoms with Gasteiger partial charge in [-0.2, -0.15) is 0 Å². The third-order valence-corrected chi connectivity index (χ3v) is 3.62. The zero-order chi connectivity index (χ0) is 12.5. The van der Waals surface area contributed by atoms with Crippen molar-refractivity contribution in [3.8, 4) is 0 Å². The highest BCUT2D eigenvalue weighted by Gasteiger charge is 2.56. The van der Waals surface area contributed by atoms with Crippen LogP contribution in [-0.2, 0) is 9.59 Å². The minimum absolute atomic E-state index is 0.206. The number of rotatable bonds is 3. The first kappa shape index (κ1) is 11.6. The highest BCUT2D eigenvalue weighted by molar-refractivity contribution is 5.99. The summed E-state index contributed by atoms with van der Waals surface area (Å²) >= 11 is 0. The van der Waals surface area contributed by atoms with E-state index in [2.05, 4.69) is 0 Å². The predicted molar refractivity (Wildman–Crippen MR) is 60.7 cm³/mol. The van der Waals surface area contributed by atoms with Crippen molar-refractivity contribution >= 4 is 11.9 Å². The predicted octanol–water partition coefficient (Wildman–Crippen LogP) is 2.11. The average Bonchev–Trinajstić information content (AvgIpc) is 2.75. The molecule has 4 nitrogen and oxygen atoms in total. The monoisotopic (exact) mass is 234 g/mol. The molecule has 1 aromatic carbocycles. The summed E-state index contributed by atoms with van der Waals surface area (Å²) in [7, 11) is 0. The van der Waals surface area contributed by atoms with Crippen molar-refractivity contribution in [1.82, 2.24) is 0 Å². The molecule has 4 heteroatoms. The van der Waals surface area contributed by atoms with E-state index in [9.17, 15) is 19.8 Å². The minimum Gasteiger partial charge on any atom is -0.480 e. The fourth-order valence-corrected chi connectivity index (χ4v) is 2.75.